The molecule has 8 nitrogen and oxygen atoms in total. The van der Waals surface area contributed by atoms with Crippen LogP contribution in [0.3, 0.4) is 0 Å². The highest BCUT2D eigenvalue weighted by molar-refractivity contribution is 6.33. The van der Waals surface area contributed by atoms with Gasteiger partial charge in [0.1, 0.15) is 46.5 Å². The molecule has 2 aromatic carbocycles. The third-order valence-corrected chi connectivity index (χ3v) is 8.32. The smallest absolute Gasteiger partial charge is 0.398 e. The summed E-state index contributed by atoms with van der Waals surface area (Å²) in [6, 6.07) is 9.18. The van der Waals surface area contributed by atoms with Crippen LogP contribution in [0.5, 0.6) is 11.5 Å². The van der Waals surface area contributed by atoms with E-state index in [1.165, 1.54) is 38.3 Å². The fourth-order valence-corrected chi connectivity index (χ4v) is 5.32. The minimum atomic E-state index is -4.92. The minimum absolute atomic E-state index is 0.000780. The molecule has 230 valence electrons. The van der Waals surface area contributed by atoms with Crippen LogP contribution < -0.4 is 20.5 Å². The van der Waals surface area contributed by atoms with Gasteiger partial charge in [-0.3, -0.25) is 9.59 Å². The van der Waals surface area contributed by atoms with Gasteiger partial charge in [-0.05, 0) is 44.2 Å². The van der Waals surface area contributed by atoms with Crippen molar-refractivity contribution in [3.63, 3.8) is 0 Å². The van der Waals surface area contributed by atoms with Gasteiger partial charge in [-0.2, -0.15) is 13.2 Å². The third-order valence-electron chi connectivity index (χ3n) is 7.56. The largest absolute Gasteiger partial charge is 0.494 e. The number of hydrogen-bond donors (Lipinski definition) is 2. The molecule has 1 aliphatic heterocycles. The van der Waals surface area contributed by atoms with Crippen molar-refractivity contribution in [1.29, 1.82) is 0 Å². The van der Waals surface area contributed by atoms with E-state index in [1.54, 1.807) is 13.0 Å². The number of methoxy groups -OCH3 is 1. The highest BCUT2D eigenvalue weighted by Gasteiger charge is 2.47. The maximum atomic E-state index is 14.6. The van der Waals surface area contributed by atoms with Crippen LogP contribution in [0, 0.1) is 12.7 Å². The summed E-state index contributed by atoms with van der Waals surface area (Å²) in [6.07, 6.45) is -4.92. The second-order valence-corrected chi connectivity index (χ2v) is 11.3. The van der Waals surface area contributed by atoms with Gasteiger partial charge in [0, 0.05) is 28.6 Å². The molecule has 3 heterocycles. The first-order valence-electron chi connectivity index (χ1n) is 13.1. The predicted octanol–water partition coefficient (Wildman–Crippen LogP) is 6.27. The maximum absolute atomic E-state index is 14.6. The average Bonchev–Trinajstić information content (AvgIpc) is 3.31. The topological polar surface area (TPSA) is 116 Å². The van der Waals surface area contributed by atoms with Gasteiger partial charge in [0.25, 0.3) is 5.91 Å². The first kappa shape index (κ1) is 31.3. The summed E-state index contributed by atoms with van der Waals surface area (Å²) < 4.78 is 69.2. The van der Waals surface area contributed by atoms with Crippen molar-refractivity contribution in [2.24, 2.45) is 5.73 Å². The molecule has 2 aromatic heterocycles. The van der Waals surface area contributed by atoms with Gasteiger partial charge in [0.05, 0.1) is 28.5 Å². The van der Waals surface area contributed by atoms with Crippen LogP contribution in [-0.2, 0) is 10.2 Å². The van der Waals surface area contributed by atoms with E-state index in [1.807, 2.05) is 0 Å². The molecule has 0 unspecified atom stereocenters. The standard InChI is InChI=1S/C30H24Cl2F4N4O4/c1-13-19(31)8-14-7-15(9-22(43-3)24(14)39-13)27(41)38-11-18(30(34,35)36)21-10-17-26(44-12-29(17,2)28(37)42)25(40-21)16-5-4-6-20(33)23(16)32/h4-10,18H,11-12H2,1-3H3,(H2,37,42)(H,38,41)/t18-,29+/m1/s1. The zero-order chi connectivity index (χ0) is 32.1. The molecule has 2 atom stereocenters. The molecule has 0 bridgehead atoms. The SMILES string of the molecule is COc1cc(C(=O)NC[C@H](c2cc3c(c(-c4cccc(F)c4Cl)n2)OC[C@]3(C)C(N)=O)C(F)(F)F)cc2cc(Cl)c(C)nc12. The summed E-state index contributed by atoms with van der Waals surface area (Å²) in [5, 5.41) is 2.70. The molecule has 44 heavy (non-hydrogen) atoms. The molecule has 3 N–H and O–H groups in total. The van der Waals surface area contributed by atoms with Gasteiger partial charge in [0.15, 0.2) is 0 Å². The van der Waals surface area contributed by atoms with Crippen molar-refractivity contribution in [2.45, 2.75) is 31.4 Å². The third kappa shape index (κ3) is 5.48. The van der Waals surface area contributed by atoms with Crippen molar-refractivity contribution in [3.05, 3.63) is 80.8 Å². The Morgan fingerprint density at radius 2 is 1.91 bits per heavy atom. The first-order chi connectivity index (χ1) is 20.6. The summed E-state index contributed by atoms with van der Waals surface area (Å²) >= 11 is 12.4. The van der Waals surface area contributed by atoms with E-state index >= 15 is 0 Å². The number of fused-ring (bicyclic) bond motifs is 2. The Bertz CT molecular complexity index is 1840. The molecular formula is C30H24Cl2F4N4O4. The van der Waals surface area contributed by atoms with E-state index in [-0.39, 0.29) is 40.5 Å². The zero-order valence-corrected chi connectivity index (χ0v) is 24.9. The second kappa shape index (κ2) is 11.4. The van der Waals surface area contributed by atoms with Crippen molar-refractivity contribution < 1.29 is 36.6 Å². The van der Waals surface area contributed by atoms with E-state index in [2.05, 4.69) is 15.3 Å². The van der Waals surface area contributed by atoms with Crippen LogP contribution in [0.2, 0.25) is 10.0 Å². The van der Waals surface area contributed by atoms with Crippen LogP contribution in [0.25, 0.3) is 22.2 Å². The van der Waals surface area contributed by atoms with Gasteiger partial charge in [-0.15, -0.1) is 0 Å². The van der Waals surface area contributed by atoms with Gasteiger partial charge < -0.3 is 20.5 Å². The molecule has 5 rings (SSSR count). The molecule has 4 aromatic rings. The lowest BCUT2D eigenvalue weighted by atomic mass is 9.82. The quantitative estimate of drug-likeness (QED) is 0.228. The Kier molecular flexibility index (Phi) is 8.10. The molecular weight excluding hydrogens is 627 g/mol. The summed E-state index contributed by atoms with van der Waals surface area (Å²) in [6.45, 7) is 1.89. The number of nitrogens with one attached hydrogen (secondary N) is 1. The Hall–Kier alpha value is -4.16. The second-order valence-electron chi connectivity index (χ2n) is 10.5. The minimum Gasteiger partial charge on any atom is -0.494 e. The predicted molar refractivity (Wildman–Crippen MR) is 156 cm³/mol. The molecule has 0 spiro atoms. The number of amides is 2. The van der Waals surface area contributed by atoms with E-state index < -0.39 is 52.4 Å². The van der Waals surface area contributed by atoms with Gasteiger partial charge in [-0.25, -0.2) is 14.4 Å². The number of alkyl halides is 3. The lowest BCUT2D eigenvalue weighted by molar-refractivity contribution is -0.149. The average molecular weight is 651 g/mol. The molecule has 0 aliphatic carbocycles. The van der Waals surface area contributed by atoms with E-state index in [0.29, 0.717) is 21.6 Å². The van der Waals surface area contributed by atoms with Gasteiger partial charge in [-0.1, -0.05) is 35.3 Å². The van der Waals surface area contributed by atoms with Crippen LogP contribution in [0.4, 0.5) is 17.6 Å². The van der Waals surface area contributed by atoms with Crippen molar-refractivity contribution in [3.8, 4) is 22.8 Å². The van der Waals surface area contributed by atoms with E-state index in [0.717, 1.165) is 12.1 Å². The number of aromatic nitrogens is 2. The van der Waals surface area contributed by atoms with Crippen molar-refractivity contribution in [1.82, 2.24) is 15.3 Å². The fraction of sp³-hybridized carbons (Fsp3) is 0.267. The van der Waals surface area contributed by atoms with E-state index in [9.17, 15) is 27.2 Å². The number of rotatable bonds is 7. The van der Waals surface area contributed by atoms with Crippen molar-refractivity contribution in [2.75, 3.05) is 20.3 Å². The summed E-state index contributed by atoms with van der Waals surface area (Å²) in [4.78, 5) is 34.2. The first-order valence-corrected chi connectivity index (χ1v) is 13.8. The number of carbonyl (C=O) groups excluding carboxylic acids is 2. The summed E-state index contributed by atoms with van der Waals surface area (Å²) in [5.41, 5.74) is 4.27. The number of pyridine rings is 2. The number of nitrogens with zero attached hydrogens (tertiary/aromatic N) is 2. The Morgan fingerprint density at radius 1 is 1.18 bits per heavy atom. The van der Waals surface area contributed by atoms with Crippen LogP contribution >= 0.6 is 23.2 Å². The highest BCUT2D eigenvalue weighted by Crippen LogP contribution is 2.48. The normalized spacial score (nSPS) is 16.8. The molecule has 14 heteroatoms. The Morgan fingerprint density at radius 3 is 2.57 bits per heavy atom. The fourth-order valence-electron chi connectivity index (χ4n) is 4.95. The Labute approximate surface area is 258 Å². The Balaban J connectivity index is 1.57. The molecule has 0 fully saturated rings. The van der Waals surface area contributed by atoms with Gasteiger partial charge in [0.2, 0.25) is 5.91 Å². The number of halogens is 6. The number of nitrogens with two attached hydrogens (primary N) is 1. The number of ether oxygens (including phenoxy) is 2. The maximum Gasteiger partial charge on any atom is 0.398 e. The monoisotopic (exact) mass is 650 g/mol. The highest BCUT2D eigenvalue weighted by atomic mass is 35.5. The summed E-state index contributed by atoms with van der Waals surface area (Å²) in [5.74, 6) is -4.70. The number of benzene rings is 2. The van der Waals surface area contributed by atoms with E-state index in [4.69, 9.17) is 38.4 Å². The van der Waals surface area contributed by atoms with Crippen molar-refractivity contribution >= 4 is 45.9 Å². The van der Waals surface area contributed by atoms with Crippen LogP contribution in [-0.4, -0.2) is 48.2 Å². The molecule has 0 saturated carbocycles. The number of carbonyl (C=O) groups is 2. The number of primary amides is 1. The van der Waals surface area contributed by atoms with Crippen LogP contribution in [0.1, 0.15) is 40.2 Å². The molecule has 2 amide bonds. The lowest BCUT2D eigenvalue weighted by Gasteiger charge is -2.24. The molecule has 0 radical (unpaired) electrons. The molecule has 0 saturated heterocycles. The number of aryl methyl sites for hydroxylation is 1. The molecule has 1 aliphatic rings. The number of hydrogen-bond acceptors (Lipinski definition) is 6. The van der Waals surface area contributed by atoms with Gasteiger partial charge >= 0.3 is 6.18 Å². The lowest BCUT2D eigenvalue weighted by Crippen LogP contribution is -2.40. The summed E-state index contributed by atoms with van der Waals surface area (Å²) in [7, 11) is 1.37. The van der Waals surface area contributed by atoms with Crippen LogP contribution in [0.15, 0.2) is 42.5 Å². The zero-order valence-electron chi connectivity index (χ0n) is 23.4.